The molecule has 2 heterocycles. The van der Waals surface area contributed by atoms with E-state index in [1.165, 1.54) is 17.3 Å². The molecule has 0 aromatic heterocycles. The number of allylic oxidation sites excluding steroid dienone is 1. The molecule has 2 aliphatic heterocycles. The lowest BCUT2D eigenvalue weighted by molar-refractivity contribution is -0.208. The van der Waals surface area contributed by atoms with Crippen LogP contribution in [0.2, 0.25) is 0 Å². The van der Waals surface area contributed by atoms with Gasteiger partial charge in [0.15, 0.2) is 0 Å². The van der Waals surface area contributed by atoms with Gasteiger partial charge < -0.3 is 30.7 Å². The number of rotatable bonds is 6. The lowest BCUT2D eigenvalue weighted by atomic mass is 9.88. The van der Waals surface area contributed by atoms with E-state index in [0.29, 0.717) is 6.42 Å². The van der Waals surface area contributed by atoms with E-state index in [4.69, 9.17) is 4.74 Å². The molecule has 0 saturated carbocycles. The van der Waals surface area contributed by atoms with Gasteiger partial charge in [0.05, 0.1) is 12.1 Å². The molecule has 8 heteroatoms. The number of ether oxygens (including phenoxy) is 1. The van der Waals surface area contributed by atoms with E-state index < -0.39 is 35.9 Å². The van der Waals surface area contributed by atoms with Crippen molar-refractivity contribution in [3.63, 3.8) is 0 Å². The molecule has 2 saturated heterocycles. The maximum atomic E-state index is 12.9. The molecule has 7 nitrogen and oxygen atoms in total. The quantitative estimate of drug-likeness (QED) is 0.409. The van der Waals surface area contributed by atoms with Crippen molar-refractivity contribution in [2.45, 2.75) is 82.0 Å². The molecular weight excluding hydrogens is 368 g/mol. The van der Waals surface area contributed by atoms with Crippen LogP contribution in [-0.2, 0) is 9.53 Å². The third kappa shape index (κ3) is 5.46. The molecule has 0 aromatic rings. The normalized spacial score (nSPS) is 37.4. The minimum absolute atomic E-state index is 0.0206. The van der Waals surface area contributed by atoms with Gasteiger partial charge in [-0.3, -0.25) is 4.79 Å². The van der Waals surface area contributed by atoms with Gasteiger partial charge in [-0.1, -0.05) is 32.4 Å². The van der Waals surface area contributed by atoms with Crippen molar-refractivity contribution in [2.24, 2.45) is 5.92 Å². The fraction of sp³-hybridized carbons (Fsp3) is 0.842. The van der Waals surface area contributed by atoms with Crippen molar-refractivity contribution in [3.05, 3.63) is 11.6 Å². The first kappa shape index (κ1) is 22.6. The van der Waals surface area contributed by atoms with Gasteiger partial charge in [-0.15, -0.1) is 11.8 Å². The molecule has 2 aliphatic rings. The standard InChI is InChI=1S/C19H34N2O5S/c1-5-6-11-7-8-20-12(9-11)18(25)21-13(10(2)3)17-15(23)14(22)16(24)19(26-17)27-4/h6,10,12-17,19-20,22-24H,5,7-9H2,1-4H3,(H,21,25). The van der Waals surface area contributed by atoms with Crippen molar-refractivity contribution < 1.29 is 24.9 Å². The van der Waals surface area contributed by atoms with Crippen LogP contribution < -0.4 is 10.6 Å². The number of hydrogen-bond acceptors (Lipinski definition) is 7. The summed E-state index contributed by atoms with van der Waals surface area (Å²) in [6.07, 6.45) is 1.98. The number of nitrogens with one attached hydrogen (secondary N) is 2. The zero-order valence-electron chi connectivity index (χ0n) is 16.6. The van der Waals surface area contributed by atoms with Gasteiger partial charge in [0.25, 0.3) is 0 Å². The van der Waals surface area contributed by atoms with Crippen molar-refractivity contribution in [1.82, 2.24) is 10.6 Å². The van der Waals surface area contributed by atoms with Gasteiger partial charge in [-0.05, 0) is 38.0 Å². The van der Waals surface area contributed by atoms with E-state index in [9.17, 15) is 20.1 Å². The fourth-order valence-electron chi connectivity index (χ4n) is 3.76. The largest absolute Gasteiger partial charge is 0.388 e. The van der Waals surface area contributed by atoms with Crippen LogP contribution in [-0.4, -0.2) is 76.0 Å². The van der Waals surface area contributed by atoms with Crippen LogP contribution in [0.15, 0.2) is 11.6 Å². The smallest absolute Gasteiger partial charge is 0.237 e. The lowest BCUT2D eigenvalue weighted by Gasteiger charge is -2.44. The number of carbonyl (C=O) groups is 1. The number of aliphatic hydroxyl groups excluding tert-OH is 3. The van der Waals surface area contributed by atoms with E-state index in [1.54, 1.807) is 6.26 Å². The number of hydrogen-bond donors (Lipinski definition) is 5. The van der Waals surface area contributed by atoms with E-state index >= 15 is 0 Å². The third-order valence-corrected chi connectivity index (χ3v) is 6.19. The van der Waals surface area contributed by atoms with Gasteiger partial charge in [-0.2, -0.15) is 0 Å². The van der Waals surface area contributed by atoms with Crippen LogP contribution in [0.3, 0.4) is 0 Å². The van der Waals surface area contributed by atoms with Gasteiger partial charge in [-0.25, -0.2) is 0 Å². The van der Waals surface area contributed by atoms with E-state index in [-0.39, 0.29) is 17.9 Å². The number of piperidine rings is 1. The van der Waals surface area contributed by atoms with Crippen LogP contribution in [0.4, 0.5) is 0 Å². The van der Waals surface area contributed by atoms with E-state index in [0.717, 1.165) is 19.4 Å². The summed E-state index contributed by atoms with van der Waals surface area (Å²) in [6.45, 7) is 6.72. The molecule has 2 fully saturated rings. The summed E-state index contributed by atoms with van der Waals surface area (Å²) >= 11 is 1.27. The molecule has 0 aliphatic carbocycles. The molecule has 5 N–H and O–H groups in total. The number of aliphatic hydroxyl groups is 3. The molecule has 2 rings (SSSR count). The Hall–Kier alpha value is -0.640. The van der Waals surface area contributed by atoms with Crippen molar-refractivity contribution in [3.8, 4) is 0 Å². The Bertz CT molecular complexity index is 528. The summed E-state index contributed by atoms with van der Waals surface area (Å²) in [5, 5.41) is 37.0. The summed E-state index contributed by atoms with van der Waals surface area (Å²) in [5.41, 5.74) is 0.630. The number of thioether (sulfide) groups is 1. The van der Waals surface area contributed by atoms with Crippen LogP contribution in [0, 0.1) is 5.92 Å². The molecular formula is C19H34N2O5S. The molecule has 0 spiro atoms. The number of carbonyl (C=O) groups excluding carboxylic acids is 1. The SMILES string of the molecule is CCC=C1CCNC(C(=O)NC(C(C)C)C2OC(SC)C(O)C(O)C2O)C1. The average Bonchev–Trinajstić information content (AvgIpc) is 2.65. The van der Waals surface area contributed by atoms with Crippen LogP contribution in [0.25, 0.3) is 0 Å². The molecule has 27 heavy (non-hydrogen) atoms. The highest BCUT2D eigenvalue weighted by Crippen LogP contribution is 2.30. The Morgan fingerprint density at radius 1 is 1.33 bits per heavy atom. The Kier molecular flexibility index (Phi) is 8.58. The van der Waals surface area contributed by atoms with Gasteiger partial charge >= 0.3 is 0 Å². The first-order chi connectivity index (χ1) is 12.8. The molecule has 156 valence electrons. The van der Waals surface area contributed by atoms with Gasteiger partial charge in [0.1, 0.15) is 29.9 Å². The van der Waals surface area contributed by atoms with Crippen LogP contribution >= 0.6 is 11.8 Å². The summed E-state index contributed by atoms with van der Waals surface area (Å²) in [5.74, 6) is -0.152. The zero-order valence-corrected chi connectivity index (χ0v) is 17.4. The summed E-state index contributed by atoms with van der Waals surface area (Å²) in [4.78, 5) is 12.9. The first-order valence-electron chi connectivity index (χ1n) is 9.74. The molecule has 0 bridgehead atoms. The van der Waals surface area contributed by atoms with Crippen LogP contribution in [0.5, 0.6) is 0 Å². The molecule has 0 radical (unpaired) electrons. The minimum Gasteiger partial charge on any atom is -0.388 e. The van der Waals surface area contributed by atoms with E-state index in [1.807, 2.05) is 13.8 Å². The number of amides is 1. The Labute approximate surface area is 165 Å². The second kappa shape index (κ2) is 10.2. The third-order valence-electron chi connectivity index (χ3n) is 5.33. The lowest BCUT2D eigenvalue weighted by Crippen LogP contribution is -2.64. The highest BCUT2D eigenvalue weighted by atomic mass is 32.2. The van der Waals surface area contributed by atoms with E-state index in [2.05, 4.69) is 23.6 Å². The fourth-order valence-corrected chi connectivity index (χ4v) is 4.44. The first-order valence-corrected chi connectivity index (χ1v) is 11.0. The Balaban J connectivity index is 2.10. The van der Waals surface area contributed by atoms with Crippen LogP contribution in [0.1, 0.15) is 40.0 Å². The van der Waals surface area contributed by atoms with Gasteiger partial charge in [0, 0.05) is 0 Å². The average molecular weight is 403 g/mol. The van der Waals surface area contributed by atoms with Gasteiger partial charge in [0.2, 0.25) is 5.91 Å². The molecule has 7 unspecified atom stereocenters. The maximum Gasteiger partial charge on any atom is 0.237 e. The predicted molar refractivity (Wildman–Crippen MR) is 106 cm³/mol. The summed E-state index contributed by atoms with van der Waals surface area (Å²) < 4.78 is 5.86. The summed E-state index contributed by atoms with van der Waals surface area (Å²) in [7, 11) is 0. The predicted octanol–water partition coefficient (Wildman–Crippen LogP) is 0.386. The topological polar surface area (TPSA) is 111 Å². The van der Waals surface area contributed by atoms with Crippen molar-refractivity contribution in [2.75, 3.05) is 12.8 Å². The van der Waals surface area contributed by atoms with Crippen molar-refractivity contribution in [1.29, 1.82) is 0 Å². The monoisotopic (exact) mass is 402 g/mol. The highest BCUT2D eigenvalue weighted by molar-refractivity contribution is 7.99. The summed E-state index contributed by atoms with van der Waals surface area (Å²) in [6, 6.07) is -0.794. The molecule has 7 atom stereocenters. The second-order valence-corrected chi connectivity index (χ2v) is 8.62. The molecule has 1 amide bonds. The molecule has 0 aromatic carbocycles. The Morgan fingerprint density at radius 2 is 2.04 bits per heavy atom. The second-order valence-electron chi connectivity index (χ2n) is 7.69. The highest BCUT2D eigenvalue weighted by Gasteiger charge is 2.47. The maximum absolute atomic E-state index is 12.9. The zero-order chi connectivity index (χ0) is 20.1. The Morgan fingerprint density at radius 3 is 2.63 bits per heavy atom. The van der Waals surface area contributed by atoms with Crippen molar-refractivity contribution >= 4 is 17.7 Å². The minimum atomic E-state index is -1.31.